The number of nitrogens with zero attached hydrogens (tertiary/aromatic N) is 1. The SMILES string of the molecule is Cc1cc(CC(=O)O)c(O)c(CN(C)C)c1. The van der Waals surface area contributed by atoms with Crippen LogP contribution in [0.25, 0.3) is 0 Å². The third kappa shape index (κ3) is 3.24. The van der Waals surface area contributed by atoms with Crippen molar-refractivity contribution in [3.05, 3.63) is 28.8 Å². The Kier molecular flexibility index (Phi) is 3.90. The maximum atomic E-state index is 10.6. The van der Waals surface area contributed by atoms with Crippen LogP contribution in [-0.4, -0.2) is 35.2 Å². The summed E-state index contributed by atoms with van der Waals surface area (Å²) in [6, 6.07) is 3.59. The monoisotopic (exact) mass is 223 g/mol. The van der Waals surface area contributed by atoms with Gasteiger partial charge >= 0.3 is 5.97 Å². The maximum absolute atomic E-state index is 10.6. The van der Waals surface area contributed by atoms with E-state index in [-0.39, 0.29) is 12.2 Å². The van der Waals surface area contributed by atoms with Gasteiger partial charge in [-0.15, -0.1) is 0 Å². The number of phenolic OH excluding ortho intramolecular Hbond substituents is 1. The van der Waals surface area contributed by atoms with Gasteiger partial charge in [0.25, 0.3) is 0 Å². The fraction of sp³-hybridized carbons (Fsp3) is 0.417. The molecule has 1 rings (SSSR count). The molecule has 0 atom stereocenters. The highest BCUT2D eigenvalue weighted by atomic mass is 16.4. The zero-order valence-electron chi connectivity index (χ0n) is 9.82. The molecular weight excluding hydrogens is 206 g/mol. The lowest BCUT2D eigenvalue weighted by Gasteiger charge is -2.14. The number of aliphatic carboxylic acids is 1. The largest absolute Gasteiger partial charge is 0.507 e. The van der Waals surface area contributed by atoms with Crippen LogP contribution in [0.4, 0.5) is 0 Å². The number of phenols is 1. The van der Waals surface area contributed by atoms with Crippen LogP contribution in [-0.2, 0) is 17.8 Å². The van der Waals surface area contributed by atoms with Gasteiger partial charge in [0.05, 0.1) is 6.42 Å². The van der Waals surface area contributed by atoms with Crippen LogP contribution >= 0.6 is 0 Å². The van der Waals surface area contributed by atoms with Gasteiger partial charge in [-0.25, -0.2) is 0 Å². The van der Waals surface area contributed by atoms with Gasteiger partial charge in [-0.2, -0.15) is 0 Å². The van der Waals surface area contributed by atoms with Gasteiger partial charge in [-0.1, -0.05) is 17.7 Å². The number of hydrogen-bond donors (Lipinski definition) is 2. The van der Waals surface area contributed by atoms with Gasteiger partial charge in [0.1, 0.15) is 5.75 Å². The van der Waals surface area contributed by atoms with Crippen molar-refractivity contribution in [1.82, 2.24) is 4.90 Å². The number of aryl methyl sites for hydroxylation is 1. The minimum Gasteiger partial charge on any atom is -0.507 e. The summed E-state index contributed by atoms with van der Waals surface area (Å²) in [6.45, 7) is 2.49. The van der Waals surface area contributed by atoms with Crippen molar-refractivity contribution in [2.24, 2.45) is 0 Å². The Hall–Kier alpha value is -1.55. The minimum atomic E-state index is -0.934. The number of hydrogen-bond acceptors (Lipinski definition) is 3. The normalized spacial score (nSPS) is 10.8. The number of aromatic hydroxyl groups is 1. The van der Waals surface area contributed by atoms with Crippen LogP contribution in [0.2, 0.25) is 0 Å². The van der Waals surface area contributed by atoms with Gasteiger partial charge < -0.3 is 15.1 Å². The molecule has 88 valence electrons. The first-order valence-electron chi connectivity index (χ1n) is 5.08. The molecule has 0 spiro atoms. The van der Waals surface area contributed by atoms with Crippen molar-refractivity contribution >= 4 is 5.97 Å². The first kappa shape index (κ1) is 12.5. The van der Waals surface area contributed by atoms with Crippen molar-refractivity contribution < 1.29 is 15.0 Å². The molecule has 4 heteroatoms. The maximum Gasteiger partial charge on any atom is 0.307 e. The molecule has 0 bridgehead atoms. The Labute approximate surface area is 95.1 Å². The second-order valence-electron chi connectivity index (χ2n) is 4.24. The molecule has 0 saturated carbocycles. The van der Waals surface area contributed by atoms with Crippen molar-refractivity contribution in [2.45, 2.75) is 19.9 Å². The molecule has 16 heavy (non-hydrogen) atoms. The van der Waals surface area contributed by atoms with E-state index < -0.39 is 5.97 Å². The van der Waals surface area contributed by atoms with Crippen molar-refractivity contribution in [2.75, 3.05) is 14.1 Å². The summed E-state index contributed by atoms with van der Waals surface area (Å²) in [5.41, 5.74) is 2.21. The Bertz CT molecular complexity index is 399. The lowest BCUT2D eigenvalue weighted by atomic mass is 10.0. The molecule has 0 heterocycles. The van der Waals surface area contributed by atoms with E-state index >= 15 is 0 Å². The Balaban J connectivity index is 3.10. The third-order valence-corrected chi connectivity index (χ3v) is 2.24. The van der Waals surface area contributed by atoms with Gasteiger partial charge in [0.2, 0.25) is 0 Å². The molecular formula is C12H17NO3. The number of rotatable bonds is 4. The highest BCUT2D eigenvalue weighted by Crippen LogP contribution is 2.25. The van der Waals surface area contributed by atoms with Crippen LogP contribution in [0, 0.1) is 6.92 Å². The number of benzene rings is 1. The molecule has 0 fully saturated rings. The Morgan fingerprint density at radius 1 is 1.31 bits per heavy atom. The third-order valence-electron chi connectivity index (χ3n) is 2.24. The standard InChI is InChI=1S/C12H17NO3/c1-8-4-9(6-11(14)15)12(16)10(5-8)7-13(2)3/h4-5,16H,6-7H2,1-3H3,(H,14,15). The molecule has 0 radical (unpaired) electrons. The lowest BCUT2D eigenvalue weighted by molar-refractivity contribution is -0.136. The Morgan fingerprint density at radius 2 is 1.88 bits per heavy atom. The fourth-order valence-electron chi connectivity index (χ4n) is 1.69. The van der Waals surface area contributed by atoms with E-state index in [0.717, 1.165) is 11.1 Å². The highest BCUT2D eigenvalue weighted by Gasteiger charge is 2.12. The smallest absolute Gasteiger partial charge is 0.307 e. The predicted octanol–water partition coefficient (Wildman–Crippen LogP) is 1.39. The summed E-state index contributed by atoms with van der Waals surface area (Å²) < 4.78 is 0. The van der Waals surface area contributed by atoms with Crippen molar-refractivity contribution in [1.29, 1.82) is 0 Å². The minimum absolute atomic E-state index is 0.0988. The van der Waals surface area contributed by atoms with E-state index in [1.165, 1.54) is 0 Å². The second kappa shape index (κ2) is 4.99. The Morgan fingerprint density at radius 3 is 2.38 bits per heavy atom. The predicted molar refractivity (Wildman–Crippen MR) is 61.6 cm³/mol. The zero-order valence-corrected chi connectivity index (χ0v) is 9.82. The van der Waals surface area contributed by atoms with Crippen LogP contribution in [0.1, 0.15) is 16.7 Å². The molecule has 0 amide bonds. The molecule has 0 aliphatic carbocycles. The van der Waals surface area contributed by atoms with E-state index in [2.05, 4.69) is 0 Å². The topological polar surface area (TPSA) is 60.8 Å². The first-order valence-corrected chi connectivity index (χ1v) is 5.08. The molecule has 4 nitrogen and oxygen atoms in total. The quantitative estimate of drug-likeness (QED) is 0.809. The van der Waals surface area contributed by atoms with Crippen LogP contribution in [0.5, 0.6) is 5.75 Å². The molecule has 0 saturated heterocycles. The summed E-state index contributed by atoms with van der Waals surface area (Å²) in [5.74, 6) is -0.835. The van der Waals surface area contributed by atoms with Gasteiger partial charge in [-0.05, 0) is 21.0 Å². The summed E-state index contributed by atoms with van der Waals surface area (Å²) in [7, 11) is 3.80. The van der Waals surface area contributed by atoms with E-state index in [0.29, 0.717) is 12.1 Å². The first-order chi connectivity index (χ1) is 7.40. The van der Waals surface area contributed by atoms with Gasteiger partial charge in [-0.3, -0.25) is 4.79 Å². The molecule has 1 aromatic rings. The number of carboxylic acids is 1. The average Bonchev–Trinajstić information content (AvgIpc) is 2.11. The molecule has 1 aromatic carbocycles. The molecule has 0 aliphatic heterocycles. The van der Waals surface area contributed by atoms with E-state index in [4.69, 9.17) is 5.11 Å². The summed E-state index contributed by atoms with van der Waals surface area (Å²) in [5, 5.41) is 18.7. The average molecular weight is 223 g/mol. The zero-order chi connectivity index (χ0) is 12.3. The van der Waals surface area contributed by atoms with E-state index in [1.54, 1.807) is 6.07 Å². The number of carboxylic acid groups (broad SMARTS) is 1. The van der Waals surface area contributed by atoms with Crippen LogP contribution in [0.15, 0.2) is 12.1 Å². The molecule has 2 N–H and O–H groups in total. The molecule has 0 aliphatic rings. The number of carbonyl (C=O) groups is 1. The van der Waals surface area contributed by atoms with Crippen LogP contribution in [0.3, 0.4) is 0 Å². The van der Waals surface area contributed by atoms with Crippen molar-refractivity contribution in [3.63, 3.8) is 0 Å². The fourth-order valence-corrected chi connectivity index (χ4v) is 1.69. The summed E-state index contributed by atoms with van der Waals surface area (Å²) in [4.78, 5) is 12.6. The highest BCUT2D eigenvalue weighted by molar-refractivity contribution is 5.71. The summed E-state index contributed by atoms with van der Waals surface area (Å²) >= 11 is 0. The second-order valence-corrected chi connectivity index (χ2v) is 4.24. The molecule has 0 aromatic heterocycles. The van der Waals surface area contributed by atoms with Crippen molar-refractivity contribution in [3.8, 4) is 5.75 Å². The summed E-state index contributed by atoms with van der Waals surface area (Å²) in [6.07, 6.45) is -0.145. The molecule has 0 unspecified atom stereocenters. The van der Waals surface area contributed by atoms with Crippen LogP contribution < -0.4 is 0 Å². The van der Waals surface area contributed by atoms with E-state index in [9.17, 15) is 9.90 Å². The van der Waals surface area contributed by atoms with E-state index in [1.807, 2.05) is 32.0 Å². The van der Waals surface area contributed by atoms with Gasteiger partial charge in [0, 0.05) is 17.7 Å². The lowest BCUT2D eigenvalue weighted by Crippen LogP contribution is -2.12. The van der Waals surface area contributed by atoms with Gasteiger partial charge in [0.15, 0.2) is 0 Å².